The molecular weight excluding hydrogens is 288 g/mol. The molecular formula is C12H17ClN2OS2. The highest BCUT2D eigenvalue weighted by atomic mass is 35.5. The molecule has 0 aliphatic carbocycles. The maximum absolute atomic E-state index is 11.2. The fraction of sp³-hybridized carbons (Fsp3) is 0.417. The first-order valence-electron chi connectivity index (χ1n) is 5.57. The molecule has 2 atom stereocenters. The molecule has 1 aromatic rings. The number of hydrogen-bond acceptors (Lipinski definition) is 3. The van der Waals surface area contributed by atoms with Gasteiger partial charge in [-0.1, -0.05) is 30.7 Å². The second-order valence-corrected chi connectivity index (χ2v) is 6.76. The Hall–Kier alpha value is -0.650. The van der Waals surface area contributed by atoms with Crippen LogP contribution in [0.15, 0.2) is 18.2 Å². The van der Waals surface area contributed by atoms with E-state index >= 15 is 0 Å². The van der Waals surface area contributed by atoms with E-state index in [0.29, 0.717) is 16.6 Å². The smallest absolute Gasteiger partial charge is 0.106 e. The van der Waals surface area contributed by atoms with Crippen LogP contribution >= 0.6 is 23.8 Å². The minimum absolute atomic E-state index is 0.157. The monoisotopic (exact) mass is 304 g/mol. The van der Waals surface area contributed by atoms with Gasteiger partial charge in [0.25, 0.3) is 0 Å². The van der Waals surface area contributed by atoms with Crippen molar-refractivity contribution in [2.45, 2.75) is 18.6 Å². The average Bonchev–Trinajstić information content (AvgIpc) is 2.28. The van der Waals surface area contributed by atoms with Crippen LogP contribution in [0.4, 0.5) is 5.69 Å². The molecule has 3 nitrogen and oxygen atoms in total. The van der Waals surface area contributed by atoms with Crippen molar-refractivity contribution in [1.82, 2.24) is 0 Å². The summed E-state index contributed by atoms with van der Waals surface area (Å²) in [5.41, 5.74) is 7.24. The Kier molecular flexibility index (Phi) is 6.05. The van der Waals surface area contributed by atoms with E-state index in [2.05, 4.69) is 5.32 Å². The maximum Gasteiger partial charge on any atom is 0.106 e. The van der Waals surface area contributed by atoms with Crippen LogP contribution in [0.25, 0.3) is 0 Å². The molecule has 18 heavy (non-hydrogen) atoms. The third kappa shape index (κ3) is 4.55. The van der Waals surface area contributed by atoms with Crippen molar-refractivity contribution in [1.29, 1.82) is 0 Å². The first-order valence-corrected chi connectivity index (χ1v) is 7.98. The molecule has 6 heteroatoms. The number of benzene rings is 1. The maximum atomic E-state index is 11.2. The average molecular weight is 305 g/mol. The Balaban J connectivity index is 2.69. The predicted octanol–water partition coefficient (Wildman–Crippen LogP) is 2.54. The first kappa shape index (κ1) is 15.4. The molecule has 2 unspecified atom stereocenters. The van der Waals surface area contributed by atoms with E-state index in [-0.39, 0.29) is 5.25 Å². The molecule has 3 N–H and O–H groups in total. The van der Waals surface area contributed by atoms with Crippen molar-refractivity contribution in [3.05, 3.63) is 28.8 Å². The highest BCUT2D eigenvalue weighted by molar-refractivity contribution is 7.84. The number of anilines is 1. The highest BCUT2D eigenvalue weighted by Gasteiger charge is 2.08. The summed E-state index contributed by atoms with van der Waals surface area (Å²) in [4.78, 5) is 0.335. The number of hydrogen-bond donors (Lipinski definition) is 2. The van der Waals surface area contributed by atoms with Crippen molar-refractivity contribution in [2.75, 3.05) is 18.1 Å². The molecule has 0 bridgehead atoms. The summed E-state index contributed by atoms with van der Waals surface area (Å²) in [6, 6.07) is 5.35. The molecule has 0 radical (unpaired) electrons. The molecule has 100 valence electrons. The van der Waals surface area contributed by atoms with Crippen LogP contribution in [0.2, 0.25) is 5.02 Å². The van der Waals surface area contributed by atoms with Gasteiger partial charge in [0.15, 0.2) is 0 Å². The highest BCUT2D eigenvalue weighted by Crippen LogP contribution is 2.21. The minimum atomic E-state index is -0.803. The van der Waals surface area contributed by atoms with Crippen molar-refractivity contribution in [2.24, 2.45) is 5.73 Å². The van der Waals surface area contributed by atoms with Crippen LogP contribution in [0.1, 0.15) is 18.9 Å². The van der Waals surface area contributed by atoms with Crippen LogP contribution in [0.3, 0.4) is 0 Å². The van der Waals surface area contributed by atoms with E-state index in [0.717, 1.165) is 17.7 Å². The predicted molar refractivity (Wildman–Crippen MR) is 84.0 cm³/mol. The van der Waals surface area contributed by atoms with Gasteiger partial charge < -0.3 is 11.1 Å². The molecule has 1 aromatic carbocycles. The number of nitrogens with two attached hydrogens (primary N) is 1. The molecule has 0 amide bonds. The van der Waals surface area contributed by atoms with E-state index in [1.807, 2.05) is 6.92 Å². The van der Waals surface area contributed by atoms with Gasteiger partial charge in [0.1, 0.15) is 4.99 Å². The van der Waals surface area contributed by atoms with Gasteiger partial charge >= 0.3 is 0 Å². The van der Waals surface area contributed by atoms with Crippen LogP contribution in [-0.2, 0) is 10.8 Å². The molecule has 0 fully saturated rings. The molecule has 0 aliphatic rings. The van der Waals surface area contributed by atoms with Crippen LogP contribution < -0.4 is 11.1 Å². The Bertz CT molecular complexity index is 465. The Morgan fingerprint density at radius 1 is 1.61 bits per heavy atom. The summed E-state index contributed by atoms with van der Waals surface area (Å²) in [6.45, 7) is 2.67. The van der Waals surface area contributed by atoms with Crippen molar-refractivity contribution in [3.8, 4) is 0 Å². The summed E-state index contributed by atoms with van der Waals surface area (Å²) >= 11 is 10.9. The fourth-order valence-electron chi connectivity index (χ4n) is 1.45. The zero-order valence-electron chi connectivity index (χ0n) is 10.4. The number of halogens is 1. The molecule has 0 saturated heterocycles. The molecule has 0 heterocycles. The Morgan fingerprint density at radius 3 is 2.83 bits per heavy atom. The Morgan fingerprint density at radius 2 is 2.28 bits per heavy atom. The lowest BCUT2D eigenvalue weighted by molar-refractivity contribution is 0.672. The van der Waals surface area contributed by atoms with Gasteiger partial charge in [-0.15, -0.1) is 0 Å². The molecule has 0 saturated carbocycles. The van der Waals surface area contributed by atoms with Crippen LogP contribution in [0, 0.1) is 0 Å². The molecule has 0 aromatic heterocycles. The second kappa shape index (κ2) is 7.07. The summed E-state index contributed by atoms with van der Waals surface area (Å²) in [7, 11) is -0.803. The quantitative estimate of drug-likeness (QED) is 0.793. The lowest BCUT2D eigenvalue weighted by atomic mass is 10.1. The summed E-state index contributed by atoms with van der Waals surface area (Å²) < 4.78 is 11.2. The zero-order valence-corrected chi connectivity index (χ0v) is 12.8. The third-order valence-corrected chi connectivity index (χ3v) is 4.50. The van der Waals surface area contributed by atoms with E-state index in [1.165, 1.54) is 0 Å². The van der Waals surface area contributed by atoms with Gasteiger partial charge in [0.05, 0.1) is 0 Å². The summed E-state index contributed by atoms with van der Waals surface area (Å²) in [5, 5.41) is 4.02. The molecule has 0 spiro atoms. The Labute approximate surface area is 121 Å². The summed E-state index contributed by atoms with van der Waals surface area (Å²) in [5.74, 6) is 0. The van der Waals surface area contributed by atoms with Gasteiger partial charge in [-0.3, -0.25) is 4.21 Å². The van der Waals surface area contributed by atoms with Gasteiger partial charge in [0.2, 0.25) is 0 Å². The lowest BCUT2D eigenvalue weighted by Crippen LogP contribution is -2.17. The van der Waals surface area contributed by atoms with Gasteiger partial charge in [-0.2, -0.15) is 0 Å². The van der Waals surface area contributed by atoms with Gasteiger partial charge in [0, 0.05) is 45.1 Å². The number of thiocarbonyl (C=S) groups is 1. The topological polar surface area (TPSA) is 55.1 Å². The second-order valence-electron chi connectivity index (χ2n) is 4.08. The molecule has 1 rings (SSSR count). The van der Waals surface area contributed by atoms with E-state index in [1.54, 1.807) is 24.5 Å². The van der Waals surface area contributed by atoms with E-state index < -0.39 is 10.8 Å². The zero-order chi connectivity index (χ0) is 13.7. The SMILES string of the molecule is CC(CCNc1cc(Cl)ccc1C(N)=S)S(C)=O. The van der Waals surface area contributed by atoms with Crippen molar-refractivity contribution >= 4 is 45.3 Å². The number of nitrogens with one attached hydrogen (secondary N) is 1. The first-order chi connectivity index (χ1) is 8.41. The third-order valence-electron chi connectivity index (χ3n) is 2.68. The summed E-state index contributed by atoms with van der Waals surface area (Å²) in [6.07, 6.45) is 2.52. The van der Waals surface area contributed by atoms with Gasteiger partial charge in [-0.05, 0) is 24.6 Å². The van der Waals surface area contributed by atoms with Crippen molar-refractivity contribution < 1.29 is 4.21 Å². The van der Waals surface area contributed by atoms with Gasteiger partial charge in [-0.25, -0.2) is 0 Å². The van der Waals surface area contributed by atoms with E-state index in [4.69, 9.17) is 29.6 Å². The van der Waals surface area contributed by atoms with E-state index in [9.17, 15) is 4.21 Å². The standard InChI is InChI=1S/C12H17ClN2OS2/c1-8(18(2)16)5-6-15-11-7-9(13)3-4-10(11)12(14)17/h3-4,7-8,15H,5-6H2,1-2H3,(H2,14,17). The van der Waals surface area contributed by atoms with Crippen molar-refractivity contribution in [3.63, 3.8) is 0 Å². The number of rotatable bonds is 6. The van der Waals surface area contributed by atoms with Crippen LogP contribution in [0.5, 0.6) is 0 Å². The minimum Gasteiger partial charge on any atom is -0.389 e. The lowest BCUT2D eigenvalue weighted by Gasteiger charge is -2.13. The van der Waals surface area contributed by atoms with Crippen LogP contribution in [-0.4, -0.2) is 27.2 Å². The molecule has 0 aliphatic heterocycles. The largest absolute Gasteiger partial charge is 0.389 e. The fourth-order valence-corrected chi connectivity index (χ4v) is 2.25. The normalized spacial score (nSPS) is 13.9.